The zero-order valence-electron chi connectivity index (χ0n) is 12.0. The molecule has 5 nitrogen and oxygen atoms in total. The normalized spacial score (nSPS) is 12.9. The molecule has 0 unspecified atom stereocenters. The monoisotopic (exact) mass is 313 g/mol. The summed E-state index contributed by atoms with van der Waals surface area (Å²) >= 11 is 0. The van der Waals surface area contributed by atoms with Gasteiger partial charge in [-0.15, -0.1) is 0 Å². The van der Waals surface area contributed by atoms with Crippen LogP contribution in [0.25, 0.3) is 0 Å². The summed E-state index contributed by atoms with van der Waals surface area (Å²) < 4.78 is 11.5. The summed E-state index contributed by atoms with van der Waals surface area (Å²) in [5, 5.41) is 11.6. The highest BCUT2D eigenvalue weighted by molar-refractivity contribution is 7.84. The van der Waals surface area contributed by atoms with E-state index in [-0.39, 0.29) is 17.6 Å². The van der Waals surface area contributed by atoms with E-state index < -0.39 is 10.8 Å². The zero-order chi connectivity index (χ0) is 15.9. The largest absolute Gasteiger partial charge is 0.343 e. The van der Waals surface area contributed by atoms with Gasteiger partial charge in [-0.2, -0.15) is 5.26 Å². The summed E-state index contributed by atoms with van der Waals surface area (Å²) in [6, 6.07) is 14.0. The Bertz CT molecular complexity index is 708. The van der Waals surface area contributed by atoms with Gasteiger partial charge < -0.3 is 5.32 Å². The minimum absolute atomic E-state index is 0.224. The van der Waals surface area contributed by atoms with Crippen LogP contribution in [0.15, 0.2) is 48.7 Å². The molecule has 1 amide bonds. The lowest BCUT2D eigenvalue weighted by Crippen LogP contribution is -2.32. The average molecular weight is 313 g/mol. The molecule has 0 saturated carbocycles. The van der Waals surface area contributed by atoms with Gasteiger partial charge in [0.05, 0.1) is 11.6 Å². The van der Waals surface area contributed by atoms with E-state index in [1.165, 1.54) is 18.3 Å². The third-order valence-electron chi connectivity index (χ3n) is 3.03. The van der Waals surface area contributed by atoms with Crippen molar-refractivity contribution in [3.05, 3.63) is 65.5 Å². The highest BCUT2D eigenvalue weighted by Crippen LogP contribution is 2.14. The molecule has 6 heteroatoms. The topological polar surface area (TPSA) is 82.9 Å². The Morgan fingerprint density at radius 3 is 2.59 bits per heavy atom. The van der Waals surface area contributed by atoms with Gasteiger partial charge >= 0.3 is 0 Å². The smallest absolute Gasteiger partial charge is 0.270 e. The van der Waals surface area contributed by atoms with Crippen molar-refractivity contribution in [2.24, 2.45) is 0 Å². The van der Waals surface area contributed by atoms with Gasteiger partial charge in [0.2, 0.25) is 0 Å². The van der Waals surface area contributed by atoms with E-state index in [1.54, 1.807) is 6.26 Å². The average Bonchev–Trinajstić information content (AvgIpc) is 2.54. The van der Waals surface area contributed by atoms with Crippen LogP contribution in [0.5, 0.6) is 0 Å². The van der Waals surface area contributed by atoms with E-state index in [9.17, 15) is 9.00 Å². The molecule has 1 aromatic carbocycles. The van der Waals surface area contributed by atoms with Crippen LogP contribution in [0.4, 0.5) is 0 Å². The highest BCUT2D eigenvalue weighted by Gasteiger charge is 2.17. The lowest BCUT2D eigenvalue weighted by atomic mass is 10.1. The minimum Gasteiger partial charge on any atom is -0.343 e. The van der Waals surface area contributed by atoms with Gasteiger partial charge in [-0.25, -0.2) is 4.98 Å². The van der Waals surface area contributed by atoms with E-state index in [0.29, 0.717) is 11.3 Å². The van der Waals surface area contributed by atoms with E-state index in [4.69, 9.17) is 5.26 Å². The number of aromatic nitrogens is 1. The molecule has 2 aromatic rings. The van der Waals surface area contributed by atoms with Gasteiger partial charge in [-0.05, 0) is 17.7 Å². The van der Waals surface area contributed by atoms with Crippen LogP contribution < -0.4 is 5.32 Å². The van der Waals surface area contributed by atoms with Crippen LogP contribution in [-0.2, 0) is 10.8 Å². The molecular weight excluding hydrogens is 298 g/mol. The number of rotatable bonds is 5. The molecule has 0 aliphatic heterocycles. The summed E-state index contributed by atoms with van der Waals surface area (Å²) in [6.45, 7) is 0. The zero-order valence-corrected chi connectivity index (χ0v) is 12.8. The first-order valence-corrected chi connectivity index (χ1v) is 8.35. The fourth-order valence-corrected chi connectivity index (χ4v) is 2.71. The van der Waals surface area contributed by atoms with Gasteiger partial charge in [-0.3, -0.25) is 9.00 Å². The predicted octanol–water partition coefficient (Wildman–Crippen LogP) is 1.80. The van der Waals surface area contributed by atoms with Crippen LogP contribution >= 0.6 is 0 Å². The standard InChI is InChI=1S/C16H15N3O2S/c1-22(21)11-15(13-5-3-2-4-6-13)19-16(20)14-8-7-12(9-17)10-18-14/h2-8,10,15H,11H2,1H3,(H,19,20)/t15-,22-/m0/s1. The second-order valence-electron chi connectivity index (χ2n) is 4.72. The number of pyridine rings is 1. The molecule has 0 aliphatic carbocycles. The number of benzene rings is 1. The van der Waals surface area contributed by atoms with Crippen molar-refractivity contribution in [3.63, 3.8) is 0 Å². The molecule has 0 radical (unpaired) electrons. The molecule has 1 heterocycles. The number of nitrogens with zero attached hydrogens (tertiary/aromatic N) is 2. The number of nitrogens with one attached hydrogen (secondary N) is 1. The lowest BCUT2D eigenvalue weighted by Gasteiger charge is -2.18. The number of nitriles is 1. The molecule has 22 heavy (non-hydrogen) atoms. The second-order valence-corrected chi connectivity index (χ2v) is 6.20. The molecule has 0 saturated heterocycles. The second kappa shape index (κ2) is 7.48. The van der Waals surface area contributed by atoms with E-state index in [2.05, 4.69) is 10.3 Å². The fourth-order valence-electron chi connectivity index (χ4n) is 1.97. The Labute approximate surface area is 131 Å². The summed E-state index contributed by atoms with van der Waals surface area (Å²) in [6.07, 6.45) is 2.95. The fraction of sp³-hybridized carbons (Fsp3) is 0.188. The third-order valence-corrected chi connectivity index (χ3v) is 3.84. The van der Waals surface area contributed by atoms with Crippen molar-refractivity contribution >= 4 is 16.7 Å². The molecule has 2 rings (SSSR count). The van der Waals surface area contributed by atoms with E-state index >= 15 is 0 Å². The summed E-state index contributed by atoms with van der Waals surface area (Å²) in [4.78, 5) is 16.2. The number of carbonyl (C=O) groups excluding carboxylic acids is 1. The van der Waals surface area contributed by atoms with Crippen LogP contribution in [0.2, 0.25) is 0 Å². The SMILES string of the molecule is C[S@](=O)C[C@H](NC(=O)c1ccc(C#N)cn1)c1ccccc1. The van der Waals surface area contributed by atoms with Crippen LogP contribution in [0.1, 0.15) is 27.7 Å². The predicted molar refractivity (Wildman–Crippen MR) is 84.5 cm³/mol. The van der Waals surface area contributed by atoms with Crippen LogP contribution in [-0.4, -0.2) is 27.1 Å². The molecular formula is C16H15N3O2S. The molecule has 112 valence electrons. The van der Waals surface area contributed by atoms with Gasteiger partial charge in [0.15, 0.2) is 0 Å². The quantitative estimate of drug-likeness (QED) is 0.912. The first-order valence-electron chi connectivity index (χ1n) is 6.62. The Morgan fingerprint density at radius 2 is 2.05 bits per heavy atom. The molecule has 0 bridgehead atoms. The molecule has 1 aromatic heterocycles. The van der Waals surface area contributed by atoms with Crippen LogP contribution in [0.3, 0.4) is 0 Å². The first kappa shape index (κ1) is 15.9. The van der Waals surface area contributed by atoms with Gasteiger partial charge in [0.1, 0.15) is 11.8 Å². The highest BCUT2D eigenvalue weighted by atomic mass is 32.2. The van der Waals surface area contributed by atoms with Crippen molar-refractivity contribution in [1.82, 2.24) is 10.3 Å². The molecule has 2 atom stereocenters. The maximum absolute atomic E-state index is 12.3. The maximum Gasteiger partial charge on any atom is 0.270 e. The summed E-state index contributed by atoms with van der Waals surface area (Å²) in [5.74, 6) is -0.0322. The molecule has 1 N–H and O–H groups in total. The summed E-state index contributed by atoms with van der Waals surface area (Å²) in [5.41, 5.74) is 1.51. The van der Waals surface area contributed by atoms with E-state index in [1.807, 2.05) is 36.4 Å². The Morgan fingerprint density at radius 1 is 1.32 bits per heavy atom. The minimum atomic E-state index is -1.05. The first-order chi connectivity index (χ1) is 10.6. The molecule has 0 fully saturated rings. The van der Waals surface area contributed by atoms with Gasteiger partial charge in [0.25, 0.3) is 5.91 Å². The number of hydrogen-bond donors (Lipinski definition) is 1. The lowest BCUT2D eigenvalue weighted by molar-refractivity contribution is 0.0935. The van der Waals surface area contributed by atoms with Crippen LogP contribution in [0, 0.1) is 11.3 Å². The number of amides is 1. The number of hydrogen-bond acceptors (Lipinski definition) is 4. The van der Waals surface area contributed by atoms with E-state index in [0.717, 1.165) is 5.56 Å². The molecule has 0 aliphatic rings. The van der Waals surface area contributed by atoms with Crippen molar-refractivity contribution in [2.45, 2.75) is 6.04 Å². The van der Waals surface area contributed by atoms with Crippen molar-refractivity contribution in [3.8, 4) is 6.07 Å². The maximum atomic E-state index is 12.3. The van der Waals surface area contributed by atoms with Crippen molar-refractivity contribution in [2.75, 3.05) is 12.0 Å². The Hall–Kier alpha value is -2.52. The van der Waals surface area contributed by atoms with Gasteiger partial charge in [0, 0.05) is 29.0 Å². The van der Waals surface area contributed by atoms with Crippen molar-refractivity contribution in [1.29, 1.82) is 5.26 Å². The Balaban J connectivity index is 2.17. The molecule has 0 spiro atoms. The van der Waals surface area contributed by atoms with Crippen molar-refractivity contribution < 1.29 is 9.00 Å². The van der Waals surface area contributed by atoms with Gasteiger partial charge in [-0.1, -0.05) is 30.3 Å². The third kappa shape index (κ3) is 4.24. The number of carbonyl (C=O) groups is 1. The summed E-state index contributed by atoms with van der Waals surface area (Å²) in [7, 11) is -1.05. The Kier molecular flexibility index (Phi) is 5.39.